The number of hydrogen-bond donors (Lipinski definition) is 2. The van der Waals surface area contributed by atoms with Gasteiger partial charge in [-0.25, -0.2) is 0 Å². The number of rotatable bonds is 6. The zero-order chi connectivity index (χ0) is 13.3. The van der Waals surface area contributed by atoms with Gasteiger partial charge in [0.2, 0.25) is 0 Å². The Kier molecular flexibility index (Phi) is 4.32. The third-order valence-corrected chi connectivity index (χ3v) is 4.36. The van der Waals surface area contributed by atoms with Gasteiger partial charge >= 0.3 is 0 Å². The van der Waals surface area contributed by atoms with Crippen LogP contribution < -0.4 is 5.32 Å². The quantitative estimate of drug-likeness (QED) is 0.719. The first-order valence-corrected chi connectivity index (χ1v) is 7.21. The van der Waals surface area contributed by atoms with E-state index >= 15 is 0 Å². The van der Waals surface area contributed by atoms with Gasteiger partial charge in [0.15, 0.2) is 0 Å². The Morgan fingerprint density at radius 3 is 2.44 bits per heavy atom. The molecule has 0 aromatic heterocycles. The molecule has 3 unspecified atom stereocenters. The average molecular weight is 255 g/mol. The lowest BCUT2D eigenvalue weighted by molar-refractivity contribution is 0.126. The van der Waals surface area contributed by atoms with Gasteiger partial charge in [0.05, 0.1) is 12.1 Å². The molecule has 1 aliphatic heterocycles. The minimum absolute atomic E-state index is 0.137. The van der Waals surface area contributed by atoms with E-state index < -0.39 is 0 Å². The van der Waals surface area contributed by atoms with Crippen LogP contribution in [0.3, 0.4) is 0 Å². The summed E-state index contributed by atoms with van der Waals surface area (Å²) in [5.41, 5.74) is -0.137. The van der Waals surface area contributed by atoms with Crippen LogP contribution in [0, 0.1) is 5.92 Å². The monoisotopic (exact) mass is 255 g/mol. The molecule has 1 saturated carbocycles. The molecule has 106 valence electrons. The van der Waals surface area contributed by atoms with E-state index in [4.69, 9.17) is 0 Å². The van der Waals surface area contributed by atoms with Crippen molar-refractivity contribution in [1.29, 1.82) is 0 Å². The number of aliphatic hydroxyl groups is 1. The van der Waals surface area contributed by atoms with E-state index in [0.717, 1.165) is 19.6 Å². The van der Waals surface area contributed by atoms with E-state index in [1.165, 1.54) is 12.8 Å². The fourth-order valence-corrected chi connectivity index (χ4v) is 3.20. The van der Waals surface area contributed by atoms with Crippen LogP contribution in [0.4, 0.5) is 0 Å². The third-order valence-electron chi connectivity index (χ3n) is 4.36. The molecule has 2 fully saturated rings. The summed E-state index contributed by atoms with van der Waals surface area (Å²) in [5.74, 6) is 0.712. The second-order valence-electron chi connectivity index (χ2n) is 6.84. The summed E-state index contributed by atoms with van der Waals surface area (Å²) < 4.78 is 0. The molecule has 3 atom stereocenters. The summed E-state index contributed by atoms with van der Waals surface area (Å²) in [4.78, 5) is 4.83. The Bertz CT molecular complexity index is 280. The fourth-order valence-electron chi connectivity index (χ4n) is 3.20. The minimum atomic E-state index is -0.137. The lowest BCUT2D eigenvalue weighted by atomic mass is 10.0. The summed E-state index contributed by atoms with van der Waals surface area (Å²) in [7, 11) is 4.33. The number of nitrogens with one attached hydrogen (secondary N) is 1. The zero-order valence-electron chi connectivity index (χ0n) is 12.3. The molecule has 0 amide bonds. The van der Waals surface area contributed by atoms with Crippen molar-refractivity contribution < 1.29 is 5.11 Å². The smallest absolute Gasteiger partial charge is 0.0623 e. The molecule has 0 radical (unpaired) electrons. The van der Waals surface area contributed by atoms with E-state index in [1.807, 2.05) is 0 Å². The molecule has 0 aromatic carbocycles. The van der Waals surface area contributed by atoms with Gasteiger partial charge in [0.1, 0.15) is 0 Å². The lowest BCUT2D eigenvalue weighted by Crippen LogP contribution is -2.54. The van der Waals surface area contributed by atoms with E-state index in [2.05, 4.69) is 43.1 Å². The highest BCUT2D eigenvalue weighted by molar-refractivity contribution is 4.97. The molecule has 2 aliphatic rings. The Hall–Kier alpha value is -0.160. The van der Waals surface area contributed by atoms with E-state index in [1.54, 1.807) is 0 Å². The molecule has 18 heavy (non-hydrogen) atoms. The van der Waals surface area contributed by atoms with Crippen molar-refractivity contribution >= 4 is 0 Å². The molecule has 4 nitrogen and oxygen atoms in total. The molecule has 2 rings (SSSR count). The first-order valence-electron chi connectivity index (χ1n) is 7.21. The van der Waals surface area contributed by atoms with Crippen LogP contribution in [0.25, 0.3) is 0 Å². The minimum Gasteiger partial charge on any atom is -0.394 e. The Morgan fingerprint density at radius 1 is 1.33 bits per heavy atom. The standard InChI is InChI=1S/C14H29N3O/c1-11-7-17(8-13(11)16(3)4)9-14(2,10-18)15-12-5-6-12/h11-13,15,18H,5-10H2,1-4H3. The summed E-state index contributed by atoms with van der Waals surface area (Å²) >= 11 is 0. The summed E-state index contributed by atoms with van der Waals surface area (Å²) in [5, 5.41) is 13.3. The van der Waals surface area contributed by atoms with Gasteiger partial charge in [-0.1, -0.05) is 6.92 Å². The SMILES string of the molecule is CC1CN(CC(C)(CO)NC2CC2)CC1N(C)C. The predicted octanol–water partition coefficient (Wildman–Crippen LogP) is 0.371. The first kappa shape index (κ1) is 14.3. The number of likely N-dealkylation sites (tertiary alicyclic amines) is 1. The molecular weight excluding hydrogens is 226 g/mol. The van der Waals surface area contributed by atoms with Crippen LogP contribution in [-0.4, -0.2) is 72.9 Å². The molecule has 4 heteroatoms. The summed E-state index contributed by atoms with van der Waals surface area (Å²) in [6, 6.07) is 1.29. The number of nitrogens with zero attached hydrogens (tertiary/aromatic N) is 2. The van der Waals surface area contributed by atoms with Crippen LogP contribution in [0.15, 0.2) is 0 Å². The molecule has 0 aromatic rings. The van der Waals surface area contributed by atoms with Gasteiger partial charge in [-0.3, -0.25) is 4.90 Å². The topological polar surface area (TPSA) is 38.7 Å². The molecule has 1 heterocycles. The number of likely N-dealkylation sites (N-methyl/N-ethyl adjacent to an activating group) is 1. The highest BCUT2D eigenvalue weighted by Gasteiger charge is 2.37. The maximum absolute atomic E-state index is 9.66. The van der Waals surface area contributed by atoms with Crippen LogP contribution in [0.2, 0.25) is 0 Å². The number of aliphatic hydroxyl groups excluding tert-OH is 1. The van der Waals surface area contributed by atoms with Crippen molar-refractivity contribution in [3.8, 4) is 0 Å². The first-order chi connectivity index (χ1) is 8.43. The molecule has 1 aliphatic carbocycles. The average Bonchev–Trinajstić information content (AvgIpc) is 3.01. The molecule has 0 bridgehead atoms. The van der Waals surface area contributed by atoms with Crippen molar-refractivity contribution in [2.24, 2.45) is 5.92 Å². The van der Waals surface area contributed by atoms with Crippen molar-refractivity contribution in [1.82, 2.24) is 15.1 Å². The van der Waals surface area contributed by atoms with E-state index in [0.29, 0.717) is 18.0 Å². The van der Waals surface area contributed by atoms with Crippen molar-refractivity contribution in [2.75, 3.05) is 40.3 Å². The van der Waals surface area contributed by atoms with E-state index in [-0.39, 0.29) is 12.1 Å². The molecule has 2 N–H and O–H groups in total. The van der Waals surface area contributed by atoms with Crippen LogP contribution in [0.1, 0.15) is 26.7 Å². The Labute approximate surface area is 111 Å². The third kappa shape index (κ3) is 3.44. The van der Waals surface area contributed by atoms with Crippen molar-refractivity contribution in [2.45, 2.75) is 44.3 Å². The highest BCUT2D eigenvalue weighted by Crippen LogP contribution is 2.25. The Balaban J connectivity index is 1.88. The van der Waals surface area contributed by atoms with Gasteiger partial charge in [-0.15, -0.1) is 0 Å². The maximum atomic E-state index is 9.66. The van der Waals surface area contributed by atoms with E-state index in [9.17, 15) is 5.11 Å². The van der Waals surface area contributed by atoms with Gasteiger partial charge in [-0.2, -0.15) is 0 Å². The fraction of sp³-hybridized carbons (Fsp3) is 1.00. The molecular formula is C14H29N3O. The largest absolute Gasteiger partial charge is 0.394 e. The van der Waals surface area contributed by atoms with Crippen LogP contribution in [-0.2, 0) is 0 Å². The normalized spacial score (nSPS) is 33.0. The van der Waals surface area contributed by atoms with Gasteiger partial charge in [0, 0.05) is 31.7 Å². The van der Waals surface area contributed by atoms with Crippen molar-refractivity contribution in [3.05, 3.63) is 0 Å². The predicted molar refractivity (Wildman–Crippen MR) is 74.7 cm³/mol. The summed E-state index contributed by atoms with van der Waals surface area (Å²) in [6.07, 6.45) is 2.54. The Morgan fingerprint density at radius 2 is 2.00 bits per heavy atom. The highest BCUT2D eigenvalue weighted by atomic mass is 16.3. The summed E-state index contributed by atoms with van der Waals surface area (Å²) in [6.45, 7) is 7.92. The lowest BCUT2D eigenvalue weighted by Gasteiger charge is -2.33. The maximum Gasteiger partial charge on any atom is 0.0623 e. The second kappa shape index (κ2) is 5.45. The van der Waals surface area contributed by atoms with Crippen molar-refractivity contribution in [3.63, 3.8) is 0 Å². The van der Waals surface area contributed by atoms with Crippen LogP contribution in [0.5, 0.6) is 0 Å². The molecule has 0 spiro atoms. The van der Waals surface area contributed by atoms with Gasteiger partial charge in [-0.05, 0) is 39.8 Å². The molecule has 1 saturated heterocycles. The second-order valence-corrected chi connectivity index (χ2v) is 6.84. The number of hydrogen-bond acceptors (Lipinski definition) is 4. The zero-order valence-corrected chi connectivity index (χ0v) is 12.3. The van der Waals surface area contributed by atoms with Crippen LogP contribution >= 0.6 is 0 Å². The van der Waals surface area contributed by atoms with Gasteiger partial charge < -0.3 is 15.3 Å². The van der Waals surface area contributed by atoms with Gasteiger partial charge in [0.25, 0.3) is 0 Å².